The van der Waals surface area contributed by atoms with Crippen LogP contribution < -0.4 is 0 Å². The van der Waals surface area contributed by atoms with E-state index in [-0.39, 0.29) is 16.7 Å². The van der Waals surface area contributed by atoms with Crippen molar-refractivity contribution in [2.75, 3.05) is 0 Å². The lowest BCUT2D eigenvalue weighted by atomic mass is 9.81. The van der Waals surface area contributed by atoms with E-state index in [0.29, 0.717) is 0 Å². The molecule has 0 fully saturated rings. The van der Waals surface area contributed by atoms with Crippen LogP contribution in [0.2, 0.25) is 0 Å². The largest absolute Gasteiger partial charge is 0.221 e. The fourth-order valence-corrected chi connectivity index (χ4v) is 3.11. The molecule has 0 N–H and O–H groups in total. The third-order valence-electron chi connectivity index (χ3n) is 4.90. The number of benzene rings is 1. The maximum atomic E-state index is 4.74. The molecule has 1 aromatic carbocycles. The predicted octanol–water partition coefficient (Wildman–Crippen LogP) is 5.85. The van der Waals surface area contributed by atoms with Crippen LogP contribution in [-0.2, 0) is 5.41 Å². The molecule has 1 aliphatic carbocycles. The Balaban J connectivity index is 1.82. The van der Waals surface area contributed by atoms with Crippen molar-refractivity contribution in [1.29, 1.82) is 0 Å². The van der Waals surface area contributed by atoms with Crippen LogP contribution >= 0.6 is 0 Å². The summed E-state index contributed by atoms with van der Waals surface area (Å²) >= 11 is 0. The van der Waals surface area contributed by atoms with E-state index in [9.17, 15) is 0 Å². The van der Waals surface area contributed by atoms with Gasteiger partial charge in [0, 0.05) is 11.5 Å². The molecule has 1 aromatic heterocycles. The third-order valence-corrected chi connectivity index (χ3v) is 4.90. The SMILES string of the molecule is CC(C)(C)C1=CCC(c2ncnc(-c3ccc(C(C)(C)C)cc3)n2)C=C1. The van der Waals surface area contributed by atoms with E-state index in [1.165, 1.54) is 11.1 Å². The number of allylic oxidation sites excluding steroid dienone is 4. The first-order valence-corrected chi connectivity index (χ1v) is 9.33. The molecule has 0 spiro atoms. The molecular formula is C23H29N3. The number of aromatic nitrogens is 3. The van der Waals surface area contributed by atoms with Crippen LogP contribution in [0.1, 0.15) is 65.3 Å². The summed E-state index contributed by atoms with van der Waals surface area (Å²) in [5.74, 6) is 1.81. The van der Waals surface area contributed by atoms with Crippen LogP contribution in [0.15, 0.2) is 54.4 Å². The first-order chi connectivity index (χ1) is 12.1. The summed E-state index contributed by atoms with van der Waals surface area (Å²) in [6, 6.07) is 8.54. The summed E-state index contributed by atoms with van der Waals surface area (Å²) in [4.78, 5) is 13.6. The minimum Gasteiger partial charge on any atom is -0.221 e. The van der Waals surface area contributed by atoms with Gasteiger partial charge in [0.2, 0.25) is 0 Å². The Morgan fingerprint density at radius 2 is 1.58 bits per heavy atom. The summed E-state index contributed by atoms with van der Waals surface area (Å²) in [6.07, 6.45) is 9.33. The summed E-state index contributed by atoms with van der Waals surface area (Å²) < 4.78 is 0. The zero-order chi connectivity index (χ0) is 18.9. The molecule has 1 heterocycles. The van der Waals surface area contributed by atoms with E-state index in [2.05, 4.69) is 94.0 Å². The summed E-state index contributed by atoms with van der Waals surface area (Å²) in [6.45, 7) is 13.4. The lowest BCUT2D eigenvalue weighted by molar-refractivity contribution is 0.509. The molecule has 0 bridgehead atoms. The minimum atomic E-state index is 0.146. The van der Waals surface area contributed by atoms with Gasteiger partial charge in [-0.2, -0.15) is 0 Å². The molecule has 3 nitrogen and oxygen atoms in total. The Morgan fingerprint density at radius 1 is 0.885 bits per heavy atom. The molecule has 1 aliphatic rings. The normalized spacial score (nSPS) is 17.9. The van der Waals surface area contributed by atoms with Crippen LogP contribution in [0.4, 0.5) is 0 Å². The van der Waals surface area contributed by atoms with Crippen molar-refractivity contribution in [2.45, 2.75) is 59.3 Å². The van der Waals surface area contributed by atoms with Gasteiger partial charge < -0.3 is 0 Å². The van der Waals surface area contributed by atoms with Gasteiger partial charge in [-0.15, -0.1) is 0 Å². The maximum Gasteiger partial charge on any atom is 0.163 e. The lowest BCUT2D eigenvalue weighted by Gasteiger charge is -2.24. The van der Waals surface area contributed by atoms with E-state index >= 15 is 0 Å². The molecule has 3 heteroatoms. The number of nitrogens with zero attached hydrogens (tertiary/aromatic N) is 3. The highest BCUT2D eigenvalue weighted by molar-refractivity contribution is 5.55. The molecular weight excluding hydrogens is 318 g/mol. The van der Waals surface area contributed by atoms with Crippen molar-refractivity contribution in [3.8, 4) is 11.4 Å². The van der Waals surface area contributed by atoms with Gasteiger partial charge in [-0.1, -0.05) is 84.0 Å². The summed E-state index contributed by atoms with van der Waals surface area (Å²) in [5.41, 5.74) is 4.05. The highest BCUT2D eigenvalue weighted by Crippen LogP contribution is 2.33. The highest BCUT2D eigenvalue weighted by atomic mass is 15.0. The van der Waals surface area contributed by atoms with Gasteiger partial charge in [0.05, 0.1) is 0 Å². The molecule has 1 unspecified atom stereocenters. The zero-order valence-corrected chi connectivity index (χ0v) is 16.7. The maximum absolute atomic E-state index is 4.74. The first-order valence-electron chi connectivity index (χ1n) is 9.33. The van der Waals surface area contributed by atoms with Crippen LogP contribution in [0.3, 0.4) is 0 Å². The Morgan fingerprint density at radius 3 is 2.12 bits per heavy atom. The number of hydrogen-bond acceptors (Lipinski definition) is 3. The standard InChI is InChI=1S/C23H29N3/c1-22(2,3)18-11-7-16(8-12-18)20-24-15-25-21(26-20)17-9-13-19(14-10-17)23(4,5)6/h7-9,11-15,17H,10H2,1-6H3. The van der Waals surface area contributed by atoms with Crippen molar-refractivity contribution in [3.05, 3.63) is 65.8 Å². The predicted molar refractivity (Wildman–Crippen MR) is 108 cm³/mol. The van der Waals surface area contributed by atoms with Crippen molar-refractivity contribution in [2.24, 2.45) is 5.41 Å². The average Bonchev–Trinajstić information content (AvgIpc) is 2.61. The molecule has 136 valence electrons. The van der Waals surface area contributed by atoms with E-state index in [1.807, 2.05) is 0 Å². The second kappa shape index (κ2) is 6.79. The van der Waals surface area contributed by atoms with Crippen molar-refractivity contribution in [1.82, 2.24) is 15.0 Å². The fourth-order valence-electron chi connectivity index (χ4n) is 3.11. The van der Waals surface area contributed by atoms with Crippen molar-refractivity contribution < 1.29 is 0 Å². The zero-order valence-electron chi connectivity index (χ0n) is 16.7. The van der Waals surface area contributed by atoms with Crippen molar-refractivity contribution in [3.63, 3.8) is 0 Å². The van der Waals surface area contributed by atoms with Gasteiger partial charge in [0.15, 0.2) is 5.82 Å². The van der Waals surface area contributed by atoms with Gasteiger partial charge >= 0.3 is 0 Å². The van der Waals surface area contributed by atoms with Gasteiger partial charge in [0.25, 0.3) is 0 Å². The van der Waals surface area contributed by atoms with Gasteiger partial charge in [-0.25, -0.2) is 15.0 Å². The second-order valence-corrected chi connectivity index (χ2v) is 9.11. The minimum absolute atomic E-state index is 0.146. The highest BCUT2D eigenvalue weighted by Gasteiger charge is 2.21. The quantitative estimate of drug-likeness (QED) is 0.684. The van der Waals surface area contributed by atoms with Gasteiger partial charge in [-0.05, 0) is 28.4 Å². The average molecular weight is 348 g/mol. The summed E-state index contributed by atoms with van der Waals surface area (Å²) in [5, 5.41) is 0. The molecule has 2 aromatic rings. The molecule has 0 aliphatic heterocycles. The van der Waals surface area contributed by atoms with Gasteiger partial charge in [-0.3, -0.25) is 0 Å². The molecule has 0 saturated heterocycles. The van der Waals surface area contributed by atoms with Crippen LogP contribution in [0, 0.1) is 5.41 Å². The molecule has 0 amide bonds. The number of hydrogen-bond donors (Lipinski definition) is 0. The smallest absolute Gasteiger partial charge is 0.163 e. The monoisotopic (exact) mass is 347 g/mol. The first kappa shape index (κ1) is 18.5. The Hall–Kier alpha value is -2.29. The van der Waals surface area contributed by atoms with E-state index in [4.69, 9.17) is 4.98 Å². The Labute approximate surface area is 157 Å². The van der Waals surface area contributed by atoms with E-state index in [0.717, 1.165) is 23.6 Å². The Bertz CT molecular complexity index is 831. The van der Waals surface area contributed by atoms with Crippen LogP contribution in [0.25, 0.3) is 11.4 Å². The third kappa shape index (κ3) is 4.09. The van der Waals surface area contributed by atoms with E-state index in [1.54, 1.807) is 6.33 Å². The molecule has 3 rings (SSSR count). The van der Waals surface area contributed by atoms with Gasteiger partial charge in [0.1, 0.15) is 12.2 Å². The Kier molecular flexibility index (Phi) is 4.83. The van der Waals surface area contributed by atoms with E-state index < -0.39 is 0 Å². The molecule has 0 saturated carbocycles. The van der Waals surface area contributed by atoms with Crippen molar-refractivity contribution >= 4 is 0 Å². The second-order valence-electron chi connectivity index (χ2n) is 9.11. The fraction of sp³-hybridized carbons (Fsp3) is 0.435. The number of rotatable bonds is 2. The summed E-state index contributed by atoms with van der Waals surface area (Å²) in [7, 11) is 0. The van der Waals surface area contributed by atoms with Crippen LogP contribution in [0.5, 0.6) is 0 Å². The molecule has 1 atom stereocenters. The molecule has 26 heavy (non-hydrogen) atoms. The van der Waals surface area contributed by atoms with Crippen LogP contribution in [-0.4, -0.2) is 15.0 Å². The lowest BCUT2D eigenvalue weighted by Crippen LogP contribution is -2.12. The topological polar surface area (TPSA) is 38.7 Å². The molecule has 0 radical (unpaired) electrons.